The van der Waals surface area contributed by atoms with Crippen molar-refractivity contribution >= 4 is 50.1 Å². The van der Waals surface area contributed by atoms with Crippen molar-refractivity contribution in [3.8, 4) is 11.3 Å². The number of rotatable bonds is 28. The molecule has 4 aromatic rings. The minimum Gasteiger partial charge on any atom is -0.507 e. The molecular formula is C43H51FN2O14S. The van der Waals surface area contributed by atoms with Gasteiger partial charge < -0.3 is 48.4 Å². The number of benzene rings is 3. The van der Waals surface area contributed by atoms with Crippen LogP contribution in [0.5, 0.6) is 0 Å². The first-order valence-electron chi connectivity index (χ1n) is 19.7. The summed E-state index contributed by atoms with van der Waals surface area (Å²) in [6, 6.07) is 15.6. The molecule has 5 rings (SSSR count). The van der Waals surface area contributed by atoms with Crippen LogP contribution in [0.1, 0.15) is 45.8 Å². The van der Waals surface area contributed by atoms with Crippen molar-refractivity contribution in [2.45, 2.75) is 25.4 Å². The number of amides is 1. The molecule has 18 heteroatoms. The SMILES string of the molecule is CNC(=O)c1c(-c2ccc(F)cc2)oc2cc(N(CCOCCOCCOCCOCCOCCOCc3ccc(/C(O)=C/C(=O)C(=O)O)cc3)S(C)(=O)=O)c(C3CC3)cc12. The fourth-order valence-corrected chi connectivity index (χ4v) is 7.11. The average molecular weight is 871 g/mol. The van der Waals surface area contributed by atoms with Crippen molar-refractivity contribution in [1.82, 2.24) is 5.32 Å². The number of carboxylic acid groups (broad SMARTS) is 1. The number of carbonyl (C=O) groups is 3. The zero-order chi connectivity index (χ0) is 43.8. The van der Waals surface area contributed by atoms with Crippen LogP contribution >= 0.6 is 0 Å². The molecule has 330 valence electrons. The molecule has 3 aromatic carbocycles. The number of halogens is 1. The van der Waals surface area contributed by atoms with Gasteiger partial charge in [0.1, 0.15) is 22.9 Å². The second-order valence-electron chi connectivity index (χ2n) is 13.9. The number of aliphatic hydroxyl groups excluding tert-OH is 1. The van der Waals surface area contributed by atoms with Crippen LogP contribution in [0, 0.1) is 5.82 Å². The summed E-state index contributed by atoms with van der Waals surface area (Å²) < 4.78 is 80.8. The quantitative estimate of drug-likeness (QED) is 0.0294. The van der Waals surface area contributed by atoms with E-state index in [4.69, 9.17) is 37.9 Å². The van der Waals surface area contributed by atoms with Crippen molar-refractivity contribution in [3.05, 3.63) is 94.8 Å². The lowest BCUT2D eigenvalue weighted by Gasteiger charge is -2.25. The van der Waals surface area contributed by atoms with E-state index >= 15 is 0 Å². The predicted octanol–water partition coefficient (Wildman–Crippen LogP) is 5.09. The summed E-state index contributed by atoms with van der Waals surface area (Å²) in [5, 5.41) is 21.7. The van der Waals surface area contributed by atoms with Crippen LogP contribution in [0.3, 0.4) is 0 Å². The molecule has 0 atom stereocenters. The van der Waals surface area contributed by atoms with Crippen LogP contribution < -0.4 is 9.62 Å². The van der Waals surface area contributed by atoms with Gasteiger partial charge in [-0.25, -0.2) is 17.6 Å². The third kappa shape index (κ3) is 14.2. The lowest BCUT2D eigenvalue weighted by Crippen LogP contribution is -2.34. The van der Waals surface area contributed by atoms with Crippen LogP contribution in [0.2, 0.25) is 0 Å². The monoisotopic (exact) mass is 870 g/mol. The number of hydrogen-bond donors (Lipinski definition) is 3. The number of ketones is 1. The molecule has 0 spiro atoms. The molecule has 3 N–H and O–H groups in total. The van der Waals surface area contributed by atoms with Crippen LogP contribution in [-0.4, -0.2) is 129 Å². The van der Waals surface area contributed by atoms with E-state index in [1.54, 1.807) is 30.3 Å². The van der Waals surface area contributed by atoms with E-state index in [-0.39, 0.29) is 44.0 Å². The van der Waals surface area contributed by atoms with Crippen molar-refractivity contribution < 1.29 is 70.2 Å². The standard InChI is InChI=1S/C43H51FN2O14S/c1-45-42(49)40-35-25-34(30-7-8-30)36(26-39(35)60-41(40)32-9-11-33(44)12-10-32)46(61(2,52)53)13-14-54-15-16-55-17-18-56-19-20-57-21-22-58-23-24-59-28-29-3-5-31(6-4-29)37(47)27-38(48)43(50)51/h3-6,9-12,25-27,30,47H,7-8,13-24,28H2,1-2H3,(H,45,49)(H,50,51)/b37-27-. The molecular weight excluding hydrogens is 820 g/mol. The summed E-state index contributed by atoms with van der Waals surface area (Å²) in [5.74, 6) is -3.70. The lowest BCUT2D eigenvalue weighted by atomic mass is 10.0. The minimum absolute atomic E-state index is 0.0490. The molecule has 61 heavy (non-hydrogen) atoms. The number of nitrogens with zero attached hydrogens (tertiary/aromatic N) is 1. The van der Waals surface area contributed by atoms with Crippen LogP contribution in [-0.2, 0) is 54.6 Å². The topological polar surface area (TPSA) is 210 Å². The maximum absolute atomic E-state index is 13.7. The molecule has 1 amide bonds. The van der Waals surface area contributed by atoms with Gasteiger partial charge in [-0.2, -0.15) is 0 Å². The summed E-state index contributed by atoms with van der Waals surface area (Å²) in [6.45, 7) is 3.91. The number of aliphatic hydroxyl groups is 1. The fourth-order valence-electron chi connectivity index (χ4n) is 6.18. The van der Waals surface area contributed by atoms with Gasteiger partial charge in [-0.1, -0.05) is 24.3 Å². The molecule has 1 aromatic heterocycles. The third-order valence-corrected chi connectivity index (χ3v) is 10.6. The first-order valence-corrected chi connectivity index (χ1v) is 21.5. The minimum atomic E-state index is -3.74. The Kier molecular flexibility index (Phi) is 17.8. The van der Waals surface area contributed by atoms with E-state index in [2.05, 4.69) is 5.32 Å². The van der Waals surface area contributed by atoms with Gasteiger partial charge >= 0.3 is 5.97 Å². The third-order valence-electron chi connectivity index (χ3n) is 9.38. The Morgan fingerprint density at radius 1 is 0.803 bits per heavy atom. The first-order chi connectivity index (χ1) is 29.4. The largest absolute Gasteiger partial charge is 0.507 e. The zero-order valence-corrected chi connectivity index (χ0v) is 34.9. The van der Waals surface area contributed by atoms with E-state index < -0.39 is 33.4 Å². The molecule has 1 heterocycles. The van der Waals surface area contributed by atoms with Gasteiger partial charge in [0.05, 0.1) is 103 Å². The lowest BCUT2D eigenvalue weighted by molar-refractivity contribution is -0.146. The molecule has 0 aliphatic heterocycles. The predicted molar refractivity (Wildman–Crippen MR) is 223 cm³/mol. The second-order valence-corrected chi connectivity index (χ2v) is 15.8. The van der Waals surface area contributed by atoms with Gasteiger partial charge in [0.2, 0.25) is 10.0 Å². The van der Waals surface area contributed by atoms with E-state index in [1.807, 2.05) is 6.07 Å². The molecule has 1 saturated carbocycles. The number of carboxylic acids is 1. The number of fused-ring (bicyclic) bond motifs is 1. The summed E-state index contributed by atoms with van der Waals surface area (Å²) in [6.07, 6.45) is 3.56. The number of ether oxygens (including phenoxy) is 6. The maximum Gasteiger partial charge on any atom is 0.376 e. The maximum atomic E-state index is 13.7. The number of anilines is 1. The van der Waals surface area contributed by atoms with Crippen LogP contribution in [0.15, 0.2) is 71.2 Å². The number of carbonyl (C=O) groups excluding carboxylic acids is 2. The fraction of sp³-hybridized carbons (Fsp3) is 0.419. The first kappa shape index (κ1) is 46.8. The van der Waals surface area contributed by atoms with Crippen LogP contribution in [0.25, 0.3) is 28.1 Å². The van der Waals surface area contributed by atoms with E-state index in [0.717, 1.165) is 30.2 Å². The number of nitrogens with one attached hydrogen (secondary N) is 1. The molecule has 0 radical (unpaired) electrons. The summed E-state index contributed by atoms with van der Waals surface area (Å²) >= 11 is 0. The highest BCUT2D eigenvalue weighted by atomic mass is 32.2. The second kappa shape index (κ2) is 23.1. The van der Waals surface area contributed by atoms with E-state index in [9.17, 15) is 32.3 Å². The Labute approximate surface area is 353 Å². The molecule has 0 unspecified atom stereocenters. The van der Waals surface area contributed by atoms with E-state index in [0.29, 0.717) is 98.9 Å². The zero-order valence-electron chi connectivity index (χ0n) is 34.1. The highest BCUT2D eigenvalue weighted by molar-refractivity contribution is 7.92. The summed E-state index contributed by atoms with van der Waals surface area (Å²) in [7, 11) is -2.22. The van der Waals surface area contributed by atoms with E-state index in [1.165, 1.54) is 35.6 Å². The van der Waals surface area contributed by atoms with Gasteiger partial charge in [-0.15, -0.1) is 0 Å². The Morgan fingerprint density at radius 2 is 1.34 bits per heavy atom. The Morgan fingerprint density at radius 3 is 1.85 bits per heavy atom. The Hall–Kier alpha value is -5.21. The molecule has 0 bridgehead atoms. The van der Waals surface area contributed by atoms with Crippen molar-refractivity contribution in [1.29, 1.82) is 0 Å². The van der Waals surface area contributed by atoms with Crippen molar-refractivity contribution in [2.75, 3.05) is 96.8 Å². The Balaban J connectivity index is 0.932. The molecule has 1 fully saturated rings. The number of aliphatic carboxylic acids is 1. The smallest absolute Gasteiger partial charge is 0.376 e. The van der Waals surface area contributed by atoms with Crippen molar-refractivity contribution in [3.63, 3.8) is 0 Å². The number of sulfonamides is 1. The van der Waals surface area contributed by atoms with Gasteiger partial charge in [-0.05, 0) is 60.2 Å². The Bertz CT molecular complexity index is 2220. The average Bonchev–Trinajstić information content (AvgIpc) is 4.02. The molecule has 0 saturated heterocycles. The van der Waals surface area contributed by atoms with Gasteiger partial charge in [0, 0.05) is 35.7 Å². The highest BCUT2D eigenvalue weighted by Crippen LogP contribution is 2.48. The summed E-state index contributed by atoms with van der Waals surface area (Å²) in [5.41, 5.74) is 3.54. The normalized spacial score (nSPS) is 13.1. The molecule has 1 aliphatic rings. The van der Waals surface area contributed by atoms with Gasteiger partial charge in [-0.3, -0.25) is 13.9 Å². The van der Waals surface area contributed by atoms with Gasteiger partial charge in [0.25, 0.3) is 11.7 Å². The number of furan rings is 1. The van der Waals surface area contributed by atoms with Crippen molar-refractivity contribution in [2.24, 2.45) is 0 Å². The molecule has 16 nitrogen and oxygen atoms in total. The highest BCUT2D eigenvalue weighted by Gasteiger charge is 2.33. The van der Waals surface area contributed by atoms with Crippen LogP contribution in [0.4, 0.5) is 10.1 Å². The molecule has 1 aliphatic carbocycles. The summed E-state index contributed by atoms with van der Waals surface area (Å²) in [4.78, 5) is 34.9. The van der Waals surface area contributed by atoms with Gasteiger partial charge in [0.15, 0.2) is 0 Å². The number of hydrogen-bond acceptors (Lipinski definition) is 13.